The molecule has 2 aromatic rings. The molecule has 0 unspecified atom stereocenters. The van der Waals surface area contributed by atoms with Crippen molar-refractivity contribution in [1.82, 2.24) is 10.2 Å². The molecule has 1 spiro atoms. The van der Waals surface area contributed by atoms with Crippen molar-refractivity contribution in [3.8, 4) is 5.75 Å². The lowest BCUT2D eigenvalue weighted by Gasteiger charge is -2.47. The Balaban J connectivity index is 1.76. The van der Waals surface area contributed by atoms with Crippen LogP contribution in [0, 0.1) is 22.2 Å². The van der Waals surface area contributed by atoms with Crippen LogP contribution in [0.1, 0.15) is 108 Å². The van der Waals surface area contributed by atoms with Crippen LogP contribution in [0.3, 0.4) is 0 Å². The third-order valence-electron chi connectivity index (χ3n) is 9.01. The van der Waals surface area contributed by atoms with E-state index in [1.54, 1.807) is 24.3 Å². The van der Waals surface area contributed by atoms with Crippen molar-refractivity contribution in [1.29, 1.82) is 5.41 Å². The molecule has 2 amide bonds. The number of alkyl halides is 2. The second-order valence-corrected chi connectivity index (χ2v) is 14.6. The highest BCUT2D eigenvalue weighted by atomic mass is 19.3. The number of hydrogen-bond acceptors (Lipinski definition) is 5. The summed E-state index contributed by atoms with van der Waals surface area (Å²) < 4.78 is 30.8. The number of nitrogens with one attached hydrogen (secondary N) is 2. The van der Waals surface area contributed by atoms with E-state index in [1.807, 2.05) is 17.0 Å². The van der Waals surface area contributed by atoms with Gasteiger partial charge in [0.2, 0.25) is 0 Å². The summed E-state index contributed by atoms with van der Waals surface area (Å²) >= 11 is 0. The van der Waals surface area contributed by atoms with Crippen molar-refractivity contribution in [2.75, 3.05) is 6.54 Å². The van der Waals surface area contributed by atoms with Gasteiger partial charge in [0.1, 0.15) is 23.0 Å². The third kappa shape index (κ3) is 8.27. The zero-order valence-electron chi connectivity index (χ0n) is 27.3. The molecule has 0 aromatic heterocycles. The second kappa shape index (κ2) is 13.3. The predicted octanol–water partition coefficient (Wildman–Crippen LogP) is 7.09. The fourth-order valence-corrected chi connectivity index (χ4v) is 6.50. The molecule has 1 saturated carbocycles. The molecule has 4 rings (SSSR count). The smallest absolute Gasteiger partial charge is 0.387 e. The Bertz CT molecular complexity index is 1420. The first kappa shape index (κ1) is 34.1. The van der Waals surface area contributed by atoms with Crippen molar-refractivity contribution in [2.24, 2.45) is 27.5 Å². The second-order valence-electron chi connectivity index (χ2n) is 14.6. The van der Waals surface area contributed by atoms with Gasteiger partial charge in [-0.25, -0.2) is 0 Å². The molecule has 1 fully saturated rings. The van der Waals surface area contributed by atoms with E-state index in [0.717, 1.165) is 24.8 Å². The topological polar surface area (TPSA) is 121 Å². The van der Waals surface area contributed by atoms with E-state index >= 15 is 0 Å². The van der Waals surface area contributed by atoms with Crippen LogP contribution < -0.4 is 15.8 Å². The number of carbonyl (C=O) groups excluding carboxylic acids is 2. The zero-order valence-corrected chi connectivity index (χ0v) is 27.3. The molecule has 2 aliphatic rings. The number of halogens is 2. The van der Waals surface area contributed by atoms with Gasteiger partial charge in [-0.2, -0.15) is 8.78 Å². The van der Waals surface area contributed by atoms with Crippen molar-refractivity contribution in [3.05, 3.63) is 65.2 Å². The molecule has 2 aromatic carbocycles. The van der Waals surface area contributed by atoms with Crippen LogP contribution in [-0.4, -0.2) is 47.1 Å². The van der Waals surface area contributed by atoms with Crippen LogP contribution in [0.15, 0.2) is 53.5 Å². The molecule has 244 valence electrons. The summed E-state index contributed by atoms with van der Waals surface area (Å²) in [5.74, 6) is -0.259. The molecule has 45 heavy (non-hydrogen) atoms. The standard InChI is InChI=1S/C35H47F2N5O3/c1-33(2,3)17-16-27(22-10-12-23(13-11-22)30(43)40-21-28(38)39)42-31(44)29(24-8-7-9-26(20-24)45-32(36)37)41-35(42)18-14-25(15-19-35)34(4,5)6/h7-13,20,25,27,32H,14-19,21H2,1-6H3,(H3,38,39)(H,40,43)/t25?,27-,35?/m1/s1. The minimum Gasteiger partial charge on any atom is -0.435 e. The van der Waals surface area contributed by atoms with Crippen LogP contribution in [0.25, 0.3) is 0 Å². The van der Waals surface area contributed by atoms with Gasteiger partial charge in [0, 0.05) is 11.1 Å². The maximum atomic E-state index is 14.6. The number of amides is 2. The highest BCUT2D eigenvalue weighted by Gasteiger charge is 2.52. The Morgan fingerprint density at radius 1 is 1.11 bits per heavy atom. The number of ether oxygens (including phenoxy) is 1. The Morgan fingerprint density at radius 3 is 2.31 bits per heavy atom. The minimum atomic E-state index is -2.98. The molecule has 1 aliphatic carbocycles. The summed E-state index contributed by atoms with van der Waals surface area (Å²) in [7, 11) is 0. The lowest BCUT2D eigenvalue weighted by molar-refractivity contribution is -0.134. The third-order valence-corrected chi connectivity index (χ3v) is 9.01. The van der Waals surface area contributed by atoms with Gasteiger partial charge < -0.3 is 20.7 Å². The van der Waals surface area contributed by atoms with E-state index in [2.05, 4.69) is 51.6 Å². The number of benzene rings is 2. The Kier molecular flexibility index (Phi) is 10.0. The minimum absolute atomic E-state index is 0.00474. The Morgan fingerprint density at radius 2 is 1.76 bits per heavy atom. The maximum Gasteiger partial charge on any atom is 0.387 e. The first-order valence-corrected chi connectivity index (χ1v) is 15.7. The van der Waals surface area contributed by atoms with Gasteiger partial charge in [0.25, 0.3) is 11.8 Å². The summed E-state index contributed by atoms with van der Waals surface area (Å²) in [6.45, 7) is 10.2. The van der Waals surface area contributed by atoms with Crippen molar-refractivity contribution in [2.45, 2.75) is 98.4 Å². The molecule has 0 radical (unpaired) electrons. The lowest BCUT2D eigenvalue weighted by Crippen LogP contribution is -2.51. The summed E-state index contributed by atoms with van der Waals surface area (Å²) in [6, 6.07) is 13.1. The molecule has 0 saturated heterocycles. The number of aliphatic imine (C=N–C) groups is 1. The van der Waals surface area contributed by atoms with Gasteiger partial charge in [-0.15, -0.1) is 0 Å². The highest BCUT2D eigenvalue weighted by molar-refractivity contribution is 6.46. The first-order chi connectivity index (χ1) is 21.0. The Labute approximate surface area is 265 Å². The molecular weight excluding hydrogens is 576 g/mol. The SMILES string of the molecule is CC(C)(C)CC[C@H](c1ccc(C(=O)NCC(=N)N)cc1)N1C(=O)C(c2cccc(OC(F)F)c2)=NC12CCC(C(C)(C)C)CC2. The molecule has 4 N–H and O–H groups in total. The lowest BCUT2D eigenvalue weighted by atomic mass is 9.69. The van der Waals surface area contributed by atoms with Gasteiger partial charge in [-0.1, -0.05) is 65.8 Å². The normalized spacial score (nSPS) is 21.2. The number of hydrogen-bond donors (Lipinski definition) is 3. The monoisotopic (exact) mass is 623 g/mol. The maximum absolute atomic E-state index is 14.6. The molecule has 1 aliphatic heterocycles. The Hall–Kier alpha value is -3.82. The zero-order chi connectivity index (χ0) is 33.2. The molecule has 1 heterocycles. The van der Waals surface area contributed by atoms with E-state index in [0.29, 0.717) is 36.3 Å². The molecule has 1 atom stereocenters. The largest absolute Gasteiger partial charge is 0.435 e. The molecule has 0 bridgehead atoms. The van der Waals surface area contributed by atoms with E-state index in [-0.39, 0.29) is 52.5 Å². The number of rotatable bonds is 10. The summed E-state index contributed by atoms with van der Waals surface area (Å²) in [6.07, 6.45) is 4.69. The number of carbonyl (C=O) groups is 2. The van der Waals surface area contributed by atoms with E-state index in [1.165, 1.54) is 12.1 Å². The number of amidine groups is 1. The van der Waals surface area contributed by atoms with Crippen LogP contribution >= 0.6 is 0 Å². The van der Waals surface area contributed by atoms with Crippen LogP contribution in [0.5, 0.6) is 5.75 Å². The number of nitrogens with zero attached hydrogens (tertiary/aromatic N) is 2. The summed E-state index contributed by atoms with van der Waals surface area (Å²) in [5.41, 5.74) is 6.74. The highest BCUT2D eigenvalue weighted by Crippen LogP contribution is 2.50. The molecular formula is C35H47F2N5O3. The van der Waals surface area contributed by atoms with Gasteiger partial charge in [0.15, 0.2) is 0 Å². The number of nitrogens with two attached hydrogens (primary N) is 1. The predicted molar refractivity (Wildman–Crippen MR) is 173 cm³/mol. The van der Waals surface area contributed by atoms with Gasteiger partial charge in [-0.3, -0.25) is 20.0 Å². The van der Waals surface area contributed by atoms with Gasteiger partial charge >= 0.3 is 6.61 Å². The first-order valence-electron chi connectivity index (χ1n) is 15.7. The average molecular weight is 624 g/mol. The van der Waals surface area contributed by atoms with E-state index in [9.17, 15) is 18.4 Å². The summed E-state index contributed by atoms with van der Waals surface area (Å²) in [5, 5.41) is 10.0. The van der Waals surface area contributed by atoms with Crippen molar-refractivity contribution >= 4 is 23.4 Å². The molecule has 8 nitrogen and oxygen atoms in total. The van der Waals surface area contributed by atoms with E-state index in [4.69, 9.17) is 16.1 Å². The van der Waals surface area contributed by atoms with Crippen LogP contribution in [-0.2, 0) is 4.79 Å². The van der Waals surface area contributed by atoms with Crippen LogP contribution in [0.4, 0.5) is 8.78 Å². The average Bonchev–Trinajstić information content (AvgIpc) is 3.22. The summed E-state index contributed by atoms with van der Waals surface area (Å²) in [4.78, 5) is 34.3. The fourth-order valence-electron chi connectivity index (χ4n) is 6.50. The van der Waals surface area contributed by atoms with Crippen molar-refractivity contribution < 1.29 is 23.1 Å². The molecule has 10 heteroatoms. The van der Waals surface area contributed by atoms with E-state index < -0.39 is 12.3 Å². The van der Waals surface area contributed by atoms with Gasteiger partial charge in [-0.05, 0) is 85.1 Å². The van der Waals surface area contributed by atoms with Gasteiger partial charge in [0.05, 0.1) is 12.6 Å². The van der Waals surface area contributed by atoms with Crippen LogP contribution in [0.2, 0.25) is 0 Å². The van der Waals surface area contributed by atoms with Crippen molar-refractivity contribution in [3.63, 3.8) is 0 Å². The quantitative estimate of drug-likeness (QED) is 0.193. The fraction of sp³-hybridized carbons (Fsp3) is 0.543.